The first-order chi connectivity index (χ1) is 17.5. The molecular formula is C27H31FN2O6. The lowest BCUT2D eigenvalue weighted by atomic mass is 10.1. The first-order valence-electron chi connectivity index (χ1n) is 11.9. The standard InChI is InChI=1S/C27H31FN2O6/c1-4-14-35-29-24(25-17-23(30-36-25)20-10-12-21(28)13-11-20)18-34-22-9-7-8-19(15-22)16-26(32-5-2)27(31)33-6-3/h7-13,15,17-18,26,29H,4-6,14,16H2,1-3H3. The number of nitrogens with zero attached hydrogens (tertiary/aromatic N) is 1. The molecule has 0 spiro atoms. The number of hydrogen-bond donors (Lipinski definition) is 1. The van der Waals surface area contributed by atoms with Crippen LogP contribution in [0.2, 0.25) is 0 Å². The van der Waals surface area contributed by atoms with Gasteiger partial charge in [0.25, 0.3) is 0 Å². The average molecular weight is 499 g/mol. The van der Waals surface area contributed by atoms with Crippen molar-refractivity contribution < 1.29 is 32.8 Å². The molecule has 0 fully saturated rings. The Bertz CT molecular complexity index is 1130. The van der Waals surface area contributed by atoms with Crippen LogP contribution in [-0.4, -0.2) is 37.1 Å². The van der Waals surface area contributed by atoms with Crippen molar-refractivity contribution in [3.05, 3.63) is 78.0 Å². The van der Waals surface area contributed by atoms with E-state index in [1.54, 1.807) is 31.2 Å². The van der Waals surface area contributed by atoms with E-state index in [9.17, 15) is 9.18 Å². The van der Waals surface area contributed by atoms with Crippen molar-refractivity contribution in [2.45, 2.75) is 39.7 Å². The van der Waals surface area contributed by atoms with Gasteiger partial charge < -0.3 is 18.7 Å². The summed E-state index contributed by atoms with van der Waals surface area (Å²) in [5, 5.41) is 4.07. The monoisotopic (exact) mass is 498 g/mol. The third-order valence-corrected chi connectivity index (χ3v) is 4.95. The first-order valence-corrected chi connectivity index (χ1v) is 11.9. The van der Waals surface area contributed by atoms with Crippen molar-refractivity contribution >= 4 is 11.7 Å². The van der Waals surface area contributed by atoms with Gasteiger partial charge in [0.1, 0.15) is 29.2 Å². The summed E-state index contributed by atoms with van der Waals surface area (Å²) in [6.45, 7) is 6.73. The van der Waals surface area contributed by atoms with Crippen molar-refractivity contribution in [2.24, 2.45) is 0 Å². The normalized spacial score (nSPS) is 12.3. The lowest BCUT2D eigenvalue weighted by Crippen LogP contribution is -2.29. The number of carbonyl (C=O) groups excluding carboxylic acids is 1. The van der Waals surface area contributed by atoms with Crippen LogP contribution >= 0.6 is 0 Å². The average Bonchev–Trinajstić information content (AvgIpc) is 3.37. The number of nitrogens with one attached hydrogen (secondary N) is 1. The molecule has 0 amide bonds. The fourth-order valence-electron chi connectivity index (χ4n) is 3.26. The van der Waals surface area contributed by atoms with Gasteiger partial charge in [-0.25, -0.2) is 9.18 Å². The summed E-state index contributed by atoms with van der Waals surface area (Å²) in [6, 6.07) is 15.0. The van der Waals surface area contributed by atoms with E-state index in [1.807, 2.05) is 32.0 Å². The maximum absolute atomic E-state index is 13.3. The van der Waals surface area contributed by atoms with Gasteiger partial charge in [0.2, 0.25) is 0 Å². The van der Waals surface area contributed by atoms with E-state index in [0.29, 0.717) is 48.1 Å². The molecule has 1 heterocycles. The number of hydroxylamine groups is 1. The van der Waals surface area contributed by atoms with Crippen LogP contribution in [0.3, 0.4) is 0 Å². The minimum Gasteiger partial charge on any atom is -0.464 e. The van der Waals surface area contributed by atoms with Crippen molar-refractivity contribution in [3.8, 4) is 17.0 Å². The predicted molar refractivity (Wildman–Crippen MR) is 132 cm³/mol. The number of esters is 1. The molecule has 1 atom stereocenters. The summed E-state index contributed by atoms with van der Waals surface area (Å²) >= 11 is 0. The van der Waals surface area contributed by atoms with Crippen LogP contribution < -0.4 is 10.2 Å². The predicted octanol–water partition coefficient (Wildman–Crippen LogP) is 5.30. The number of ether oxygens (including phenoxy) is 3. The SMILES string of the molecule is CCCONC(=COc1cccc(CC(OCC)C(=O)OCC)c1)c1cc(-c2ccc(F)cc2)no1. The second-order valence-corrected chi connectivity index (χ2v) is 7.73. The van der Waals surface area contributed by atoms with Gasteiger partial charge in [0.05, 0.1) is 13.2 Å². The Hall–Kier alpha value is -3.69. The number of rotatable bonds is 14. The van der Waals surface area contributed by atoms with Crippen molar-refractivity contribution in [1.29, 1.82) is 0 Å². The molecule has 1 N–H and O–H groups in total. The molecule has 192 valence electrons. The molecule has 0 saturated carbocycles. The smallest absolute Gasteiger partial charge is 0.335 e. The molecule has 0 aliphatic carbocycles. The third kappa shape index (κ3) is 7.93. The van der Waals surface area contributed by atoms with Crippen molar-refractivity contribution in [1.82, 2.24) is 10.6 Å². The lowest BCUT2D eigenvalue weighted by molar-refractivity contribution is -0.156. The summed E-state index contributed by atoms with van der Waals surface area (Å²) in [7, 11) is 0. The Balaban J connectivity index is 1.77. The van der Waals surface area contributed by atoms with Crippen molar-refractivity contribution in [3.63, 3.8) is 0 Å². The van der Waals surface area contributed by atoms with Crippen LogP contribution in [0, 0.1) is 5.82 Å². The zero-order valence-electron chi connectivity index (χ0n) is 20.7. The Kier molecular flexibility index (Phi) is 10.5. The molecule has 3 rings (SSSR count). The highest BCUT2D eigenvalue weighted by molar-refractivity contribution is 5.75. The highest BCUT2D eigenvalue weighted by Crippen LogP contribution is 2.24. The minimum atomic E-state index is -0.695. The molecule has 2 aromatic carbocycles. The van der Waals surface area contributed by atoms with E-state index in [4.69, 9.17) is 23.6 Å². The van der Waals surface area contributed by atoms with Crippen LogP contribution in [0.15, 0.2) is 65.4 Å². The zero-order chi connectivity index (χ0) is 25.8. The number of benzene rings is 2. The fourth-order valence-corrected chi connectivity index (χ4v) is 3.26. The molecular weight excluding hydrogens is 467 g/mol. The summed E-state index contributed by atoms with van der Waals surface area (Å²) in [5.41, 5.74) is 5.34. The summed E-state index contributed by atoms with van der Waals surface area (Å²) in [5.74, 6) is 0.190. The Morgan fingerprint density at radius 2 is 1.92 bits per heavy atom. The quantitative estimate of drug-likeness (QED) is 0.139. The van der Waals surface area contributed by atoms with E-state index in [1.165, 1.54) is 18.4 Å². The van der Waals surface area contributed by atoms with Gasteiger partial charge >= 0.3 is 5.97 Å². The van der Waals surface area contributed by atoms with Gasteiger partial charge in [-0.05, 0) is 62.2 Å². The number of halogens is 1. The van der Waals surface area contributed by atoms with Gasteiger partial charge in [0, 0.05) is 24.7 Å². The van der Waals surface area contributed by atoms with Gasteiger partial charge in [-0.3, -0.25) is 10.3 Å². The molecule has 3 aromatic rings. The number of aromatic nitrogens is 1. The first kappa shape index (κ1) is 26.9. The molecule has 0 aliphatic rings. The second kappa shape index (κ2) is 14.0. The molecule has 1 aromatic heterocycles. The number of carbonyl (C=O) groups is 1. The van der Waals surface area contributed by atoms with Gasteiger partial charge in [-0.1, -0.05) is 24.2 Å². The summed E-state index contributed by atoms with van der Waals surface area (Å²) in [4.78, 5) is 17.7. The maximum Gasteiger partial charge on any atom is 0.335 e. The fraction of sp³-hybridized carbons (Fsp3) is 0.333. The van der Waals surface area contributed by atoms with Gasteiger partial charge in [-0.15, -0.1) is 0 Å². The van der Waals surface area contributed by atoms with Crippen molar-refractivity contribution in [2.75, 3.05) is 19.8 Å². The van der Waals surface area contributed by atoms with Gasteiger partial charge in [0.15, 0.2) is 11.9 Å². The van der Waals surface area contributed by atoms with Crippen LogP contribution in [0.25, 0.3) is 17.0 Å². The molecule has 36 heavy (non-hydrogen) atoms. The maximum atomic E-state index is 13.3. The Labute approximate surface area is 209 Å². The highest BCUT2D eigenvalue weighted by atomic mass is 19.1. The minimum absolute atomic E-state index is 0.288. The molecule has 0 bridgehead atoms. The summed E-state index contributed by atoms with van der Waals surface area (Å²) in [6.07, 6.45) is 1.91. The third-order valence-electron chi connectivity index (χ3n) is 4.95. The summed E-state index contributed by atoms with van der Waals surface area (Å²) < 4.78 is 35.3. The van der Waals surface area contributed by atoms with E-state index >= 15 is 0 Å². The zero-order valence-corrected chi connectivity index (χ0v) is 20.7. The van der Waals surface area contributed by atoms with Crippen LogP contribution in [0.5, 0.6) is 5.75 Å². The second-order valence-electron chi connectivity index (χ2n) is 7.73. The largest absolute Gasteiger partial charge is 0.464 e. The van der Waals surface area contributed by atoms with Crippen LogP contribution in [-0.2, 0) is 25.5 Å². The molecule has 9 heteroatoms. The van der Waals surface area contributed by atoms with E-state index in [0.717, 1.165) is 12.0 Å². The highest BCUT2D eigenvalue weighted by Gasteiger charge is 2.21. The molecule has 8 nitrogen and oxygen atoms in total. The topological polar surface area (TPSA) is 92.0 Å². The van der Waals surface area contributed by atoms with E-state index < -0.39 is 12.1 Å². The number of hydrogen-bond acceptors (Lipinski definition) is 8. The van der Waals surface area contributed by atoms with E-state index in [-0.39, 0.29) is 12.4 Å². The van der Waals surface area contributed by atoms with Crippen LogP contribution in [0.4, 0.5) is 4.39 Å². The Morgan fingerprint density at radius 1 is 1.11 bits per heavy atom. The van der Waals surface area contributed by atoms with E-state index in [2.05, 4.69) is 10.6 Å². The lowest BCUT2D eigenvalue weighted by Gasteiger charge is -2.16. The molecule has 0 saturated heterocycles. The Morgan fingerprint density at radius 3 is 2.64 bits per heavy atom. The molecule has 0 radical (unpaired) electrons. The van der Waals surface area contributed by atoms with Crippen LogP contribution in [0.1, 0.15) is 38.5 Å². The van der Waals surface area contributed by atoms with Gasteiger partial charge in [-0.2, -0.15) is 0 Å². The molecule has 1 unspecified atom stereocenters. The molecule has 0 aliphatic heterocycles.